The second kappa shape index (κ2) is 50.1. The molecule has 0 aliphatic rings. The van der Waals surface area contributed by atoms with Gasteiger partial charge in [0.05, 0.1) is 0 Å². The predicted octanol–water partition coefficient (Wildman–Crippen LogP) is 12.0. The molecule has 0 amide bonds. The molecular weight excluding hydrogens is 673 g/mol. The van der Waals surface area contributed by atoms with Crippen LogP contribution in [0.15, 0.2) is 0 Å². The fourth-order valence-corrected chi connectivity index (χ4v) is 6.63. The summed E-state index contributed by atoms with van der Waals surface area (Å²) in [7, 11) is -6.41. The molecule has 273 valence electrons. The molecule has 0 aromatic rings. The molecule has 3 atom stereocenters. The molecule has 0 aromatic heterocycles. The zero-order chi connectivity index (χ0) is 34.1. The van der Waals surface area contributed by atoms with Crippen LogP contribution in [0.1, 0.15) is 213 Å². The van der Waals surface area contributed by atoms with Gasteiger partial charge in [0.25, 0.3) is 0 Å². The monoisotopic (exact) mass is 748 g/mol. The van der Waals surface area contributed by atoms with E-state index in [4.69, 9.17) is 0 Å². The number of rotatable bonds is 33. The van der Waals surface area contributed by atoms with E-state index in [1.54, 1.807) is 0 Å². The van der Waals surface area contributed by atoms with Crippen molar-refractivity contribution >= 4 is 24.1 Å². The van der Waals surface area contributed by atoms with Crippen molar-refractivity contribution < 1.29 is 45.7 Å². The van der Waals surface area contributed by atoms with Crippen LogP contribution >= 0.6 is 24.1 Å². The summed E-state index contributed by atoms with van der Waals surface area (Å²) in [5, 5.41) is 0. The molecule has 0 heterocycles. The first-order valence-corrected chi connectivity index (χ1v) is 23.3. The molecule has 0 rings (SSSR count). The van der Waals surface area contributed by atoms with Gasteiger partial charge < -0.3 is 14.7 Å². The molecule has 0 saturated carbocycles. The topological polar surface area (TPSA) is 120 Å². The average molecular weight is 749 g/mol. The Kier molecular flexibility index (Phi) is 58.3. The average Bonchev–Trinajstić information content (AvgIpc) is 3.00. The van der Waals surface area contributed by atoms with E-state index in [0.717, 1.165) is 38.5 Å². The van der Waals surface area contributed by atoms with E-state index >= 15 is 0 Å². The first kappa shape index (κ1) is 53.5. The summed E-state index contributed by atoms with van der Waals surface area (Å²) < 4.78 is 30.8. The molecule has 0 aromatic carbocycles. The second-order valence-corrected chi connectivity index (χ2v) is 16.1. The smallest absolute Gasteiger partial charge is 0.596 e. The van der Waals surface area contributed by atoms with Crippen molar-refractivity contribution in [3.05, 3.63) is 0 Å². The number of unbranched alkanes of at least 4 members (excludes halogenated alkanes) is 27. The van der Waals surface area contributed by atoms with Crippen LogP contribution in [0.2, 0.25) is 0 Å². The molecule has 0 N–H and O–H groups in total. The van der Waals surface area contributed by atoms with Gasteiger partial charge in [-0.1, -0.05) is 189 Å². The van der Waals surface area contributed by atoms with Gasteiger partial charge in [0.2, 0.25) is 0 Å². The van der Waals surface area contributed by atoms with Crippen LogP contribution in [0.3, 0.4) is 0 Å². The molecule has 0 saturated heterocycles. The first-order chi connectivity index (χ1) is 21.8. The zero-order valence-corrected chi connectivity index (χ0v) is 34.5. The Balaban J connectivity index is -0.000000285. The Morgan fingerprint density at radius 1 is 0.283 bits per heavy atom. The Hall–Kier alpha value is 0.712. The van der Waals surface area contributed by atoms with E-state index in [9.17, 15) is 28.4 Å². The molecule has 46 heavy (non-hydrogen) atoms. The Morgan fingerprint density at radius 3 is 0.543 bits per heavy atom. The van der Waals surface area contributed by atoms with E-state index < -0.39 is 24.1 Å². The van der Waals surface area contributed by atoms with Crippen LogP contribution in [0, 0.1) is 0 Å². The van der Waals surface area contributed by atoms with Gasteiger partial charge in [0, 0.05) is 0 Å². The third-order valence-electron chi connectivity index (χ3n) is 8.08. The summed E-state index contributed by atoms with van der Waals surface area (Å²) in [5.41, 5.74) is 0. The summed E-state index contributed by atoms with van der Waals surface area (Å²) in [6.45, 7) is 6.71. The van der Waals surface area contributed by atoms with E-state index in [-0.39, 0.29) is 17.4 Å². The summed E-state index contributed by atoms with van der Waals surface area (Å²) >= 11 is 0. The van der Waals surface area contributed by atoms with Crippen molar-refractivity contribution in [2.24, 2.45) is 0 Å². The Labute approximate surface area is 300 Å². The largest absolute Gasteiger partial charge is 3.00 e. The molecule has 0 aliphatic heterocycles. The zero-order valence-electron chi connectivity index (χ0n) is 30.5. The molecular formula is C36H75CrO6P3+3. The SMILES string of the molecule is CCCCCCCCCCCC[P+](=O)[O-].CCCCCCCCCCCC[P+](=O)[O-].CCCCCCCCCCCC[P+](=O)[O-].[Cr+3]. The van der Waals surface area contributed by atoms with Gasteiger partial charge in [-0.3, -0.25) is 0 Å². The maximum absolute atomic E-state index is 10.3. The summed E-state index contributed by atoms with van der Waals surface area (Å²) in [4.78, 5) is 30.8. The summed E-state index contributed by atoms with van der Waals surface area (Å²) in [6, 6.07) is 0. The maximum Gasteiger partial charge on any atom is 3.00 e. The third kappa shape index (κ3) is 63.4. The quantitative estimate of drug-likeness (QED) is 0.0486. The van der Waals surface area contributed by atoms with Crippen LogP contribution in [0.25, 0.3) is 0 Å². The second-order valence-electron chi connectivity index (χ2n) is 12.7. The number of hydrogen-bond donors (Lipinski definition) is 0. The normalized spacial score (nSPS) is 11.5. The molecule has 6 nitrogen and oxygen atoms in total. The van der Waals surface area contributed by atoms with Crippen molar-refractivity contribution in [2.75, 3.05) is 18.5 Å². The van der Waals surface area contributed by atoms with Crippen molar-refractivity contribution in [2.45, 2.75) is 213 Å². The van der Waals surface area contributed by atoms with Crippen molar-refractivity contribution in [3.63, 3.8) is 0 Å². The van der Waals surface area contributed by atoms with E-state index in [2.05, 4.69) is 20.8 Å². The van der Waals surface area contributed by atoms with Crippen LogP contribution in [-0.4, -0.2) is 18.5 Å². The fourth-order valence-electron chi connectivity index (χ4n) is 5.19. The molecule has 0 aliphatic carbocycles. The van der Waals surface area contributed by atoms with Gasteiger partial charge in [0.1, 0.15) is 18.5 Å². The van der Waals surface area contributed by atoms with Gasteiger partial charge in [-0.2, -0.15) is 0 Å². The predicted molar refractivity (Wildman–Crippen MR) is 193 cm³/mol. The molecule has 1 radical (unpaired) electrons. The standard InChI is InChI=1S/3C12H25O2P.Cr/c3*1-2-3-4-5-6-7-8-9-10-11-12-15(13)14;/h3*2-12H2,1H3;/q;;;+3. The Morgan fingerprint density at radius 2 is 0.413 bits per heavy atom. The van der Waals surface area contributed by atoms with Crippen molar-refractivity contribution in [3.8, 4) is 0 Å². The van der Waals surface area contributed by atoms with Crippen LogP contribution in [0.5, 0.6) is 0 Å². The van der Waals surface area contributed by atoms with Crippen molar-refractivity contribution in [1.82, 2.24) is 0 Å². The van der Waals surface area contributed by atoms with Crippen LogP contribution in [-0.2, 0) is 31.1 Å². The van der Waals surface area contributed by atoms with Crippen molar-refractivity contribution in [1.29, 1.82) is 0 Å². The molecule has 10 heteroatoms. The van der Waals surface area contributed by atoms with Crippen LogP contribution < -0.4 is 14.7 Å². The van der Waals surface area contributed by atoms with Gasteiger partial charge >= 0.3 is 41.4 Å². The number of hydrogen-bond acceptors (Lipinski definition) is 6. The molecule has 0 fully saturated rings. The van der Waals surface area contributed by atoms with Gasteiger partial charge in [-0.05, 0) is 38.5 Å². The minimum absolute atomic E-state index is 0. The van der Waals surface area contributed by atoms with Gasteiger partial charge in [0.15, 0.2) is 0 Å². The molecule has 3 unspecified atom stereocenters. The third-order valence-corrected chi connectivity index (χ3v) is 10.1. The van der Waals surface area contributed by atoms with Gasteiger partial charge in [-0.15, -0.1) is 0 Å². The van der Waals surface area contributed by atoms with E-state index in [1.807, 2.05) is 0 Å². The molecule has 0 bridgehead atoms. The van der Waals surface area contributed by atoms with Gasteiger partial charge in [-0.25, -0.2) is 0 Å². The summed E-state index contributed by atoms with van der Waals surface area (Å²) in [6.07, 6.45) is 38.8. The Bertz CT molecular complexity index is 533. The van der Waals surface area contributed by atoms with Crippen LogP contribution in [0.4, 0.5) is 0 Å². The minimum Gasteiger partial charge on any atom is -0.596 e. The minimum atomic E-state index is -2.14. The fraction of sp³-hybridized carbons (Fsp3) is 1.00. The molecule has 0 spiro atoms. The summed E-state index contributed by atoms with van der Waals surface area (Å²) in [5.74, 6) is 0. The van der Waals surface area contributed by atoms with E-state index in [1.165, 1.54) is 154 Å². The first-order valence-electron chi connectivity index (χ1n) is 19.2. The van der Waals surface area contributed by atoms with E-state index in [0.29, 0.717) is 18.5 Å². The maximum atomic E-state index is 10.3.